The number of hydrogen-bond acceptors (Lipinski definition) is 4. The van der Waals surface area contributed by atoms with E-state index >= 15 is 0 Å². The van der Waals surface area contributed by atoms with Crippen LogP contribution in [-0.4, -0.2) is 38.6 Å². The SMILES string of the molecule is CCCCCCc1cc(C23CC4CC(CC(C4)C2)C3)c(OCC2CO2)c(C23CC4CC(CC(C4)C2)C3)c1OCC1CO1. The number of benzene rings is 1. The van der Waals surface area contributed by atoms with Gasteiger partial charge in [-0.1, -0.05) is 26.2 Å². The third-order valence-corrected chi connectivity index (χ3v) is 13.4. The molecule has 2 aliphatic heterocycles. The summed E-state index contributed by atoms with van der Waals surface area (Å²) in [5.41, 5.74) is 5.21. The van der Waals surface area contributed by atoms with Gasteiger partial charge in [0, 0.05) is 16.5 Å². The molecule has 8 saturated carbocycles. The molecule has 4 heteroatoms. The Morgan fingerprint density at radius 2 is 1.12 bits per heavy atom. The van der Waals surface area contributed by atoms with Crippen molar-refractivity contribution in [1.29, 1.82) is 0 Å². The zero-order chi connectivity index (χ0) is 27.9. The minimum Gasteiger partial charge on any atom is -0.490 e. The Morgan fingerprint density at radius 3 is 1.60 bits per heavy atom. The average Bonchev–Trinajstić information content (AvgIpc) is 3.87. The van der Waals surface area contributed by atoms with Crippen LogP contribution in [0.2, 0.25) is 0 Å². The number of unbranched alkanes of at least 4 members (excludes halogenated alkanes) is 3. The standard InChI is InChI=1S/C38H54O4/c1-2-3-4-5-6-30-13-33(37-14-24-7-25(15-37)9-26(8-24)16-37)36(42-23-32-21-40-32)34(35(30)41-22-31-20-39-31)38-17-27-10-28(18-38)12-29(11-27)19-38/h13,24-29,31-32H,2-12,14-23H2,1H3. The second-order valence-electron chi connectivity index (χ2n) is 16.9. The van der Waals surface area contributed by atoms with Gasteiger partial charge in [0.2, 0.25) is 0 Å². The Kier molecular flexibility index (Phi) is 6.70. The highest BCUT2D eigenvalue weighted by Gasteiger charge is 2.57. The van der Waals surface area contributed by atoms with E-state index in [9.17, 15) is 0 Å². The maximum absolute atomic E-state index is 7.20. The van der Waals surface area contributed by atoms with Crippen LogP contribution in [0.5, 0.6) is 11.5 Å². The molecule has 0 spiro atoms. The summed E-state index contributed by atoms with van der Waals surface area (Å²) in [5.74, 6) is 7.99. The molecule has 1 aromatic rings. The van der Waals surface area contributed by atoms with E-state index in [1.807, 2.05) is 0 Å². The Hall–Kier alpha value is -1.26. The largest absolute Gasteiger partial charge is 0.490 e. The Balaban J connectivity index is 1.22. The molecule has 42 heavy (non-hydrogen) atoms. The predicted molar refractivity (Wildman–Crippen MR) is 164 cm³/mol. The van der Waals surface area contributed by atoms with Crippen LogP contribution in [0.15, 0.2) is 6.07 Å². The van der Waals surface area contributed by atoms with E-state index in [1.54, 1.807) is 11.1 Å². The van der Waals surface area contributed by atoms with Crippen LogP contribution in [0.25, 0.3) is 0 Å². The molecule has 2 heterocycles. The predicted octanol–water partition coefficient (Wildman–Crippen LogP) is 8.30. The minimum atomic E-state index is 0.227. The van der Waals surface area contributed by atoms with Crippen molar-refractivity contribution in [2.75, 3.05) is 26.4 Å². The van der Waals surface area contributed by atoms with Gasteiger partial charge in [-0.2, -0.15) is 0 Å². The molecular weight excluding hydrogens is 520 g/mol. The average molecular weight is 575 g/mol. The van der Waals surface area contributed by atoms with Crippen LogP contribution < -0.4 is 9.47 Å². The highest BCUT2D eigenvalue weighted by Crippen LogP contribution is 2.67. The van der Waals surface area contributed by atoms with Crippen molar-refractivity contribution in [2.45, 2.75) is 139 Å². The zero-order valence-corrected chi connectivity index (χ0v) is 26.2. The van der Waals surface area contributed by atoms with Crippen molar-refractivity contribution in [1.82, 2.24) is 0 Å². The van der Waals surface area contributed by atoms with Crippen LogP contribution >= 0.6 is 0 Å². The van der Waals surface area contributed by atoms with E-state index in [1.165, 1.54) is 120 Å². The van der Waals surface area contributed by atoms with Crippen molar-refractivity contribution in [3.05, 3.63) is 22.8 Å². The van der Waals surface area contributed by atoms with Gasteiger partial charge in [0.25, 0.3) is 0 Å². The lowest BCUT2D eigenvalue weighted by Crippen LogP contribution is -2.50. The van der Waals surface area contributed by atoms with Gasteiger partial charge in [0.1, 0.15) is 36.9 Å². The number of ether oxygens (including phenoxy) is 4. The van der Waals surface area contributed by atoms with E-state index in [-0.39, 0.29) is 17.6 Å². The van der Waals surface area contributed by atoms with Gasteiger partial charge in [-0.3, -0.25) is 0 Å². The lowest BCUT2D eigenvalue weighted by atomic mass is 9.46. The Labute approximate surface area is 254 Å². The van der Waals surface area contributed by atoms with Gasteiger partial charge in [0.15, 0.2) is 0 Å². The van der Waals surface area contributed by atoms with Gasteiger partial charge in [-0.25, -0.2) is 0 Å². The summed E-state index contributed by atoms with van der Waals surface area (Å²) < 4.78 is 25.7. The molecule has 4 nitrogen and oxygen atoms in total. The summed E-state index contributed by atoms with van der Waals surface area (Å²) in [7, 11) is 0. The molecule has 0 amide bonds. The molecule has 0 aromatic heterocycles. The Morgan fingerprint density at radius 1 is 0.643 bits per heavy atom. The minimum absolute atomic E-state index is 0.227. The molecule has 0 radical (unpaired) electrons. The molecular formula is C38H54O4. The fourth-order valence-corrected chi connectivity index (χ4v) is 12.4. The quantitative estimate of drug-likeness (QED) is 0.176. The van der Waals surface area contributed by atoms with Crippen LogP contribution in [0.1, 0.15) is 126 Å². The summed E-state index contributed by atoms with van der Waals surface area (Å²) in [5, 5.41) is 0. The number of aryl methyl sites for hydroxylation is 1. The molecule has 0 N–H and O–H groups in total. The Bertz CT molecular complexity index is 1110. The van der Waals surface area contributed by atoms with Crippen molar-refractivity contribution < 1.29 is 18.9 Å². The normalized spacial score (nSPS) is 43.6. The van der Waals surface area contributed by atoms with Crippen molar-refractivity contribution in [2.24, 2.45) is 35.5 Å². The van der Waals surface area contributed by atoms with E-state index in [0.29, 0.717) is 18.6 Å². The van der Waals surface area contributed by atoms with Crippen molar-refractivity contribution in [3.63, 3.8) is 0 Å². The molecule has 230 valence electrons. The number of epoxide rings is 2. The first kappa shape index (κ1) is 27.1. The van der Waals surface area contributed by atoms with Gasteiger partial charge in [-0.05, 0) is 142 Å². The zero-order valence-electron chi connectivity index (χ0n) is 26.2. The molecule has 11 rings (SSSR count). The highest BCUT2D eigenvalue weighted by atomic mass is 16.6. The smallest absolute Gasteiger partial charge is 0.130 e. The molecule has 10 fully saturated rings. The maximum atomic E-state index is 7.20. The van der Waals surface area contributed by atoms with Crippen molar-refractivity contribution in [3.8, 4) is 11.5 Å². The van der Waals surface area contributed by atoms with Crippen LogP contribution in [0.3, 0.4) is 0 Å². The van der Waals surface area contributed by atoms with Crippen LogP contribution in [0.4, 0.5) is 0 Å². The molecule has 1 aromatic carbocycles. The van der Waals surface area contributed by atoms with E-state index in [4.69, 9.17) is 18.9 Å². The number of hydrogen-bond donors (Lipinski definition) is 0. The summed E-state index contributed by atoms with van der Waals surface area (Å²) in [4.78, 5) is 0. The van der Waals surface area contributed by atoms with Gasteiger partial charge in [0.05, 0.1) is 13.2 Å². The first-order valence-electron chi connectivity index (χ1n) is 18.3. The molecule has 2 atom stereocenters. The van der Waals surface area contributed by atoms with Crippen molar-refractivity contribution >= 4 is 0 Å². The second kappa shape index (κ2) is 10.4. The summed E-state index contributed by atoms with van der Waals surface area (Å²) >= 11 is 0. The fraction of sp³-hybridized carbons (Fsp3) is 0.842. The summed E-state index contributed by atoms with van der Waals surface area (Å²) in [6.45, 7) is 5.45. The van der Waals surface area contributed by atoms with Gasteiger partial charge >= 0.3 is 0 Å². The molecule has 8 bridgehead atoms. The first-order valence-corrected chi connectivity index (χ1v) is 18.3. The third kappa shape index (κ3) is 4.84. The van der Waals surface area contributed by atoms with E-state index in [0.717, 1.165) is 55.1 Å². The molecule has 10 aliphatic rings. The highest BCUT2D eigenvalue weighted by molar-refractivity contribution is 5.61. The van der Waals surface area contributed by atoms with Gasteiger partial charge in [-0.15, -0.1) is 0 Å². The molecule has 8 aliphatic carbocycles. The van der Waals surface area contributed by atoms with Crippen LogP contribution in [0, 0.1) is 35.5 Å². The second-order valence-corrected chi connectivity index (χ2v) is 16.9. The monoisotopic (exact) mass is 574 g/mol. The lowest BCUT2D eigenvalue weighted by Gasteiger charge is -2.59. The summed E-state index contributed by atoms with van der Waals surface area (Å²) in [6, 6.07) is 2.68. The van der Waals surface area contributed by atoms with Crippen LogP contribution in [-0.2, 0) is 26.7 Å². The number of rotatable bonds is 13. The van der Waals surface area contributed by atoms with Gasteiger partial charge < -0.3 is 18.9 Å². The first-order chi connectivity index (χ1) is 20.6. The lowest BCUT2D eigenvalue weighted by molar-refractivity contribution is -0.0119. The summed E-state index contributed by atoms with van der Waals surface area (Å²) in [6.07, 6.45) is 24.0. The molecule has 2 saturated heterocycles. The van der Waals surface area contributed by atoms with E-state index in [2.05, 4.69) is 13.0 Å². The maximum Gasteiger partial charge on any atom is 0.130 e. The fourth-order valence-electron chi connectivity index (χ4n) is 12.4. The topological polar surface area (TPSA) is 43.5 Å². The molecule has 2 unspecified atom stereocenters. The third-order valence-electron chi connectivity index (χ3n) is 13.4. The van der Waals surface area contributed by atoms with E-state index < -0.39 is 0 Å².